The van der Waals surface area contributed by atoms with Crippen molar-refractivity contribution < 1.29 is 14.6 Å². The Bertz CT molecular complexity index is 745. The van der Waals surface area contributed by atoms with Crippen LogP contribution in [-0.2, 0) is 9.53 Å². The number of piperidine rings is 1. The number of likely N-dealkylation sites (tertiary alicyclic amines) is 1. The Morgan fingerprint density at radius 1 is 1.15 bits per heavy atom. The van der Waals surface area contributed by atoms with E-state index in [1.54, 1.807) is 24.5 Å². The zero-order chi connectivity index (χ0) is 19.0. The number of Topliss-reactive ketones (excluding diaryl/α,β-unsaturated/α-hetero) is 1. The minimum Gasteiger partial charge on any atom is -0.496 e. The molecule has 6 heteroatoms. The normalized spacial score (nSPS) is 31.8. The smallest absolute Gasteiger partial charge is 0.173 e. The summed E-state index contributed by atoms with van der Waals surface area (Å²) >= 11 is 12.3. The van der Waals surface area contributed by atoms with Crippen LogP contribution in [0, 0.1) is 11.8 Å². The Morgan fingerprint density at radius 2 is 1.93 bits per heavy atom. The SMILES string of the molecule is O=C1C(c2ccc(Cl)cc2Cl)=COC2C1CCC(O)C2CN1CCCCC1. The first kappa shape index (κ1) is 19.3. The average Bonchev–Trinajstić information content (AvgIpc) is 2.66. The van der Waals surface area contributed by atoms with Gasteiger partial charge in [0, 0.05) is 23.0 Å². The highest BCUT2D eigenvalue weighted by atomic mass is 35.5. The molecule has 3 aliphatic rings. The minimum absolute atomic E-state index is 0.0377. The molecule has 2 aliphatic heterocycles. The van der Waals surface area contributed by atoms with E-state index in [-0.39, 0.29) is 23.7 Å². The fourth-order valence-electron chi connectivity index (χ4n) is 4.70. The number of fused-ring (bicyclic) bond motifs is 1. The predicted molar refractivity (Wildman–Crippen MR) is 107 cm³/mol. The lowest BCUT2D eigenvalue weighted by molar-refractivity contribution is -0.133. The van der Waals surface area contributed by atoms with E-state index < -0.39 is 6.10 Å². The van der Waals surface area contributed by atoms with Gasteiger partial charge in [-0.1, -0.05) is 35.7 Å². The van der Waals surface area contributed by atoms with Crippen molar-refractivity contribution >= 4 is 34.6 Å². The Morgan fingerprint density at radius 3 is 2.67 bits per heavy atom. The summed E-state index contributed by atoms with van der Waals surface area (Å²) in [6.07, 6.45) is 5.82. The van der Waals surface area contributed by atoms with Crippen LogP contribution in [0.15, 0.2) is 24.5 Å². The molecule has 2 fully saturated rings. The molecule has 1 aliphatic carbocycles. The summed E-state index contributed by atoms with van der Waals surface area (Å²) < 4.78 is 6.07. The maximum Gasteiger partial charge on any atom is 0.173 e. The number of benzene rings is 1. The summed E-state index contributed by atoms with van der Waals surface area (Å²) in [5.74, 6) is -0.203. The molecule has 2 heterocycles. The van der Waals surface area contributed by atoms with Crippen LogP contribution in [0.3, 0.4) is 0 Å². The Balaban J connectivity index is 1.57. The van der Waals surface area contributed by atoms with Gasteiger partial charge in [-0.2, -0.15) is 0 Å². The quantitative estimate of drug-likeness (QED) is 0.813. The molecule has 1 N–H and O–H groups in total. The zero-order valence-electron chi connectivity index (χ0n) is 15.2. The van der Waals surface area contributed by atoms with Crippen LogP contribution in [0.25, 0.3) is 5.57 Å². The summed E-state index contributed by atoms with van der Waals surface area (Å²) in [5.41, 5.74) is 1.16. The molecule has 4 rings (SSSR count). The summed E-state index contributed by atoms with van der Waals surface area (Å²) in [5, 5.41) is 11.6. The van der Waals surface area contributed by atoms with E-state index in [1.807, 2.05) is 0 Å². The number of nitrogens with zero attached hydrogens (tertiary/aromatic N) is 1. The van der Waals surface area contributed by atoms with Crippen LogP contribution < -0.4 is 0 Å². The van der Waals surface area contributed by atoms with Gasteiger partial charge in [0.05, 0.1) is 28.9 Å². The van der Waals surface area contributed by atoms with E-state index in [4.69, 9.17) is 27.9 Å². The topological polar surface area (TPSA) is 49.8 Å². The zero-order valence-corrected chi connectivity index (χ0v) is 16.8. The largest absolute Gasteiger partial charge is 0.496 e. The van der Waals surface area contributed by atoms with Crippen molar-refractivity contribution in [3.8, 4) is 0 Å². The number of aliphatic hydroxyl groups excluding tert-OH is 1. The fraction of sp³-hybridized carbons (Fsp3) is 0.571. The second kappa shape index (κ2) is 8.12. The summed E-state index contributed by atoms with van der Waals surface area (Å²) in [4.78, 5) is 15.6. The Hall–Kier alpha value is -1.07. The average molecular weight is 410 g/mol. The molecule has 4 nitrogen and oxygen atoms in total. The van der Waals surface area contributed by atoms with Gasteiger partial charge in [-0.15, -0.1) is 0 Å². The first-order chi connectivity index (χ1) is 13.0. The van der Waals surface area contributed by atoms with Crippen LogP contribution in [0.5, 0.6) is 0 Å². The second-order valence-electron chi connectivity index (χ2n) is 7.90. The molecule has 0 aromatic heterocycles. The lowest BCUT2D eigenvalue weighted by atomic mass is 9.72. The molecule has 0 amide bonds. The lowest BCUT2D eigenvalue weighted by Gasteiger charge is -2.44. The maximum atomic E-state index is 13.2. The maximum absolute atomic E-state index is 13.2. The van der Waals surface area contributed by atoms with Gasteiger partial charge < -0.3 is 14.7 Å². The van der Waals surface area contributed by atoms with Crippen molar-refractivity contribution in [2.75, 3.05) is 19.6 Å². The van der Waals surface area contributed by atoms with Gasteiger partial charge in [-0.3, -0.25) is 4.79 Å². The number of carbonyl (C=O) groups excluding carboxylic acids is 1. The van der Waals surface area contributed by atoms with Gasteiger partial charge in [-0.05, 0) is 50.9 Å². The van der Waals surface area contributed by atoms with E-state index in [0.717, 1.165) is 19.6 Å². The molecule has 27 heavy (non-hydrogen) atoms. The fourth-order valence-corrected chi connectivity index (χ4v) is 5.21. The van der Waals surface area contributed by atoms with E-state index >= 15 is 0 Å². The van der Waals surface area contributed by atoms with Crippen LogP contribution in [0.1, 0.15) is 37.7 Å². The van der Waals surface area contributed by atoms with E-state index in [1.165, 1.54) is 19.3 Å². The monoisotopic (exact) mass is 409 g/mol. The number of rotatable bonds is 3. The van der Waals surface area contributed by atoms with Crippen LogP contribution in [-0.4, -0.2) is 47.6 Å². The number of hydrogen-bond acceptors (Lipinski definition) is 4. The molecule has 1 aromatic rings. The highest BCUT2D eigenvalue weighted by Gasteiger charge is 2.46. The van der Waals surface area contributed by atoms with Crippen molar-refractivity contribution in [2.24, 2.45) is 11.8 Å². The van der Waals surface area contributed by atoms with E-state index in [2.05, 4.69) is 4.90 Å². The van der Waals surface area contributed by atoms with Crippen molar-refractivity contribution in [2.45, 2.75) is 44.3 Å². The van der Waals surface area contributed by atoms with Crippen LogP contribution >= 0.6 is 23.2 Å². The van der Waals surface area contributed by atoms with Gasteiger partial charge in [-0.25, -0.2) is 0 Å². The highest BCUT2D eigenvalue weighted by molar-refractivity contribution is 6.37. The van der Waals surface area contributed by atoms with Gasteiger partial charge >= 0.3 is 0 Å². The van der Waals surface area contributed by atoms with Crippen LogP contribution in [0.2, 0.25) is 10.0 Å². The van der Waals surface area contributed by atoms with Crippen LogP contribution in [0.4, 0.5) is 0 Å². The molecule has 0 spiro atoms. The second-order valence-corrected chi connectivity index (χ2v) is 8.74. The lowest BCUT2D eigenvalue weighted by Crippen LogP contribution is -2.52. The first-order valence-corrected chi connectivity index (χ1v) is 10.6. The number of allylic oxidation sites excluding steroid dienone is 1. The van der Waals surface area contributed by atoms with Gasteiger partial charge in [0.15, 0.2) is 5.78 Å². The number of aliphatic hydroxyl groups is 1. The molecule has 0 bridgehead atoms. The summed E-state index contributed by atoms with van der Waals surface area (Å²) in [6, 6.07) is 5.14. The van der Waals surface area contributed by atoms with E-state index in [0.29, 0.717) is 34.0 Å². The first-order valence-electron chi connectivity index (χ1n) is 9.80. The number of ether oxygens (including phenoxy) is 1. The Kier molecular flexibility index (Phi) is 5.79. The number of ketones is 1. The number of carbonyl (C=O) groups is 1. The third-order valence-corrected chi connectivity index (χ3v) is 6.72. The van der Waals surface area contributed by atoms with Gasteiger partial charge in [0.1, 0.15) is 6.10 Å². The third kappa shape index (κ3) is 3.91. The van der Waals surface area contributed by atoms with Gasteiger partial charge in [0.2, 0.25) is 0 Å². The van der Waals surface area contributed by atoms with Gasteiger partial charge in [0.25, 0.3) is 0 Å². The van der Waals surface area contributed by atoms with E-state index in [9.17, 15) is 9.90 Å². The van der Waals surface area contributed by atoms with Crippen molar-refractivity contribution in [1.82, 2.24) is 4.90 Å². The summed E-state index contributed by atoms with van der Waals surface area (Å²) in [7, 11) is 0. The van der Waals surface area contributed by atoms with Crippen molar-refractivity contribution in [3.05, 3.63) is 40.1 Å². The molecule has 4 unspecified atom stereocenters. The minimum atomic E-state index is -0.421. The molecular formula is C21H25Cl2NO3. The molecule has 4 atom stereocenters. The highest BCUT2D eigenvalue weighted by Crippen LogP contribution is 2.41. The third-order valence-electron chi connectivity index (χ3n) is 6.17. The number of halogens is 2. The molecule has 1 saturated heterocycles. The summed E-state index contributed by atoms with van der Waals surface area (Å²) in [6.45, 7) is 2.92. The molecule has 146 valence electrons. The Labute approximate surface area is 170 Å². The predicted octanol–water partition coefficient (Wildman–Crippen LogP) is 4.18. The number of hydrogen-bond donors (Lipinski definition) is 1. The molecule has 1 saturated carbocycles. The van der Waals surface area contributed by atoms with Crippen molar-refractivity contribution in [1.29, 1.82) is 0 Å². The molecular weight excluding hydrogens is 385 g/mol. The molecule has 0 radical (unpaired) electrons. The van der Waals surface area contributed by atoms with Crippen molar-refractivity contribution in [3.63, 3.8) is 0 Å². The molecule has 1 aromatic carbocycles. The standard InChI is InChI=1S/C21H25Cl2NO3/c22-13-4-5-14(18(23)10-13)17-12-27-21-15(20(17)26)6-7-19(25)16(21)11-24-8-2-1-3-9-24/h4-5,10,12,15-16,19,21,25H,1-3,6-9,11H2.